The fourth-order valence-electron chi connectivity index (χ4n) is 0.902. The molecule has 0 bridgehead atoms. The maximum atomic E-state index is 9.97. The van der Waals surface area contributed by atoms with Crippen LogP contribution in [0.4, 0.5) is 0 Å². The average molecular weight is 162 g/mol. The molecule has 0 aromatic heterocycles. The van der Waals surface area contributed by atoms with Gasteiger partial charge in [0, 0.05) is 0 Å². The highest BCUT2D eigenvalue weighted by molar-refractivity contribution is 5.57. The van der Waals surface area contributed by atoms with Crippen LogP contribution in [0.25, 0.3) is 0 Å². The number of rotatable bonds is 4. The molecule has 0 radical (unpaired) electrons. The van der Waals surface area contributed by atoms with E-state index in [4.69, 9.17) is 20.1 Å². The molecule has 3 N–H and O–H groups in total. The molecule has 0 aromatic carbocycles. The largest absolute Gasteiger partial charge is 0.394 e. The van der Waals surface area contributed by atoms with Gasteiger partial charge >= 0.3 is 0 Å². The topological polar surface area (TPSA) is 90.3 Å². The predicted molar refractivity (Wildman–Crippen MR) is 33.8 cm³/mol. The minimum Gasteiger partial charge on any atom is -0.394 e. The van der Waals surface area contributed by atoms with Crippen LogP contribution in [0.3, 0.4) is 0 Å². The lowest BCUT2D eigenvalue weighted by Gasteiger charge is -2.01. The van der Waals surface area contributed by atoms with Crippen molar-refractivity contribution < 1.29 is 24.9 Å². The highest BCUT2D eigenvalue weighted by atomic mass is 16.6. The molecule has 1 aliphatic rings. The van der Waals surface area contributed by atoms with Crippen LogP contribution in [0.1, 0.15) is 0 Å². The Kier molecular flexibility index (Phi) is 2.56. The van der Waals surface area contributed by atoms with E-state index in [1.54, 1.807) is 0 Å². The van der Waals surface area contributed by atoms with E-state index in [0.717, 1.165) is 0 Å². The molecule has 1 saturated heterocycles. The number of carbonyl (C=O) groups is 1. The van der Waals surface area contributed by atoms with Gasteiger partial charge in [0.25, 0.3) is 0 Å². The summed E-state index contributed by atoms with van der Waals surface area (Å²) in [6.07, 6.45) is -3.10. The standard InChI is InChI=1S/C6H10O5/c7-1-3(9)5-6(11-5)4(10)2-8/h1,3-6,8-10H,2H2/t3-,4+,5-,6+/m0/s1. The molecule has 0 amide bonds. The Hall–Kier alpha value is -0.490. The Labute approximate surface area is 63.2 Å². The Morgan fingerprint density at radius 1 is 1.45 bits per heavy atom. The molecule has 4 atom stereocenters. The van der Waals surface area contributed by atoms with Gasteiger partial charge in [0.15, 0.2) is 6.29 Å². The van der Waals surface area contributed by atoms with Crippen LogP contribution < -0.4 is 0 Å². The Bertz CT molecular complexity index is 148. The number of aliphatic hydroxyl groups is 3. The van der Waals surface area contributed by atoms with Crippen LogP contribution in [0.15, 0.2) is 0 Å². The molecule has 1 heterocycles. The fraction of sp³-hybridized carbons (Fsp3) is 0.833. The number of ether oxygens (including phenoxy) is 1. The van der Waals surface area contributed by atoms with Crippen molar-refractivity contribution in [1.29, 1.82) is 0 Å². The van der Waals surface area contributed by atoms with Gasteiger partial charge in [0.2, 0.25) is 0 Å². The smallest absolute Gasteiger partial charge is 0.151 e. The summed E-state index contributed by atoms with van der Waals surface area (Å²) in [7, 11) is 0. The van der Waals surface area contributed by atoms with Gasteiger partial charge in [-0.05, 0) is 0 Å². The Morgan fingerprint density at radius 2 is 2.09 bits per heavy atom. The van der Waals surface area contributed by atoms with Crippen molar-refractivity contribution in [1.82, 2.24) is 0 Å². The van der Waals surface area contributed by atoms with Gasteiger partial charge in [-0.3, -0.25) is 0 Å². The van der Waals surface area contributed by atoms with Gasteiger partial charge in [-0.25, -0.2) is 0 Å². The molecule has 11 heavy (non-hydrogen) atoms. The van der Waals surface area contributed by atoms with E-state index in [1.165, 1.54) is 0 Å². The summed E-state index contributed by atoms with van der Waals surface area (Å²) in [6, 6.07) is 0. The molecule has 1 rings (SSSR count). The van der Waals surface area contributed by atoms with Crippen molar-refractivity contribution in [3.05, 3.63) is 0 Å². The Morgan fingerprint density at radius 3 is 2.55 bits per heavy atom. The van der Waals surface area contributed by atoms with Gasteiger partial charge in [-0.15, -0.1) is 0 Å². The van der Waals surface area contributed by atoms with Crippen LogP contribution in [0.2, 0.25) is 0 Å². The number of carbonyl (C=O) groups excluding carboxylic acids is 1. The molecule has 1 fully saturated rings. The second-order valence-corrected chi connectivity index (χ2v) is 2.44. The average Bonchev–Trinajstić information content (AvgIpc) is 2.80. The van der Waals surface area contributed by atoms with Gasteiger partial charge in [0.1, 0.15) is 24.4 Å². The van der Waals surface area contributed by atoms with E-state index in [1.807, 2.05) is 0 Å². The number of aldehydes is 1. The van der Waals surface area contributed by atoms with Crippen LogP contribution in [-0.2, 0) is 9.53 Å². The lowest BCUT2D eigenvalue weighted by atomic mass is 10.1. The summed E-state index contributed by atoms with van der Waals surface area (Å²) in [6.45, 7) is -0.424. The van der Waals surface area contributed by atoms with Gasteiger partial charge in [-0.2, -0.15) is 0 Å². The summed E-state index contributed by atoms with van der Waals surface area (Å²) in [4.78, 5) is 9.97. The molecular weight excluding hydrogens is 152 g/mol. The molecule has 5 nitrogen and oxygen atoms in total. The van der Waals surface area contributed by atoms with Crippen molar-refractivity contribution in [2.45, 2.75) is 24.4 Å². The third-order valence-electron chi connectivity index (χ3n) is 1.60. The van der Waals surface area contributed by atoms with E-state index in [9.17, 15) is 4.79 Å². The minimum atomic E-state index is -1.19. The predicted octanol–water partition coefficient (Wildman–Crippen LogP) is -2.33. The Balaban J connectivity index is 2.30. The number of epoxide rings is 1. The van der Waals surface area contributed by atoms with E-state index in [-0.39, 0.29) is 0 Å². The highest BCUT2D eigenvalue weighted by Gasteiger charge is 2.48. The fourth-order valence-corrected chi connectivity index (χ4v) is 0.902. The number of aliphatic hydroxyl groups excluding tert-OH is 3. The molecular formula is C6H10O5. The van der Waals surface area contributed by atoms with Crippen molar-refractivity contribution in [3.8, 4) is 0 Å². The molecule has 0 saturated carbocycles. The molecule has 64 valence electrons. The first-order valence-corrected chi connectivity index (χ1v) is 3.28. The zero-order valence-electron chi connectivity index (χ0n) is 5.75. The summed E-state index contributed by atoms with van der Waals surface area (Å²) < 4.78 is 4.73. The quantitative estimate of drug-likeness (QED) is 0.318. The van der Waals surface area contributed by atoms with Crippen LogP contribution in [0.5, 0.6) is 0 Å². The molecule has 0 spiro atoms. The second kappa shape index (κ2) is 3.27. The highest BCUT2D eigenvalue weighted by Crippen LogP contribution is 2.27. The summed E-state index contributed by atoms with van der Waals surface area (Å²) >= 11 is 0. The van der Waals surface area contributed by atoms with Crippen LogP contribution in [0, 0.1) is 0 Å². The van der Waals surface area contributed by atoms with Crippen molar-refractivity contribution in [2.24, 2.45) is 0 Å². The van der Waals surface area contributed by atoms with Crippen molar-refractivity contribution in [3.63, 3.8) is 0 Å². The van der Waals surface area contributed by atoms with Crippen molar-refractivity contribution in [2.75, 3.05) is 6.61 Å². The SMILES string of the molecule is O=C[C@H](O)[C@@H]1O[C@@H]1[C@H](O)CO. The molecule has 0 aliphatic carbocycles. The van der Waals surface area contributed by atoms with Crippen molar-refractivity contribution >= 4 is 6.29 Å². The monoisotopic (exact) mass is 162 g/mol. The van der Waals surface area contributed by atoms with Gasteiger partial charge in [-0.1, -0.05) is 0 Å². The van der Waals surface area contributed by atoms with E-state index in [0.29, 0.717) is 6.29 Å². The lowest BCUT2D eigenvalue weighted by Crippen LogP contribution is -2.26. The first-order valence-electron chi connectivity index (χ1n) is 3.28. The lowest BCUT2D eigenvalue weighted by molar-refractivity contribution is -0.115. The number of hydrogen-bond donors (Lipinski definition) is 3. The van der Waals surface area contributed by atoms with Crippen LogP contribution in [-0.4, -0.2) is 52.6 Å². The summed E-state index contributed by atoms with van der Waals surface area (Å²) in [5, 5.41) is 26.2. The third-order valence-corrected chi connectivity index (χ3v) is 1.60. The molecule has 0 unspecified atom stereocenters. The maximum Gasteiger partial charge on any atom is 0.151 e. The van der Waals surface area contributed by atoms with Gasteiger partial charge in [0.05, 0.1) is 6.61 Å². The van der Waals surface area contributed by atoms with E-state index in [2.05, 4.69) is 0 Å². The zero-order chi connectivity index (χ0) is 8.43. The minimum absolute atomic E-state index is 0.342. The summed E-state index contributed by atoms with van der Waals surface area (Å²) in [5.41, 5.74) is 0. The zero-order valence-corrected chi connectivity index (χ0v) is 5.75. The number of hydrogen-bond acceptors (Lipinski definition) is 5. The third kappa shape index (κ3) is 1.75. The second-order valence-electron chi connectivity index (χ2n) is 2.44. The molecule has 0 aromatic rings. The summed E-state index contributed by atoms with van der Waals surface area (Å²) in [5.74, 6) is 0. The first-order chi connectivity index (χ1) is 5.20. The van der Waals surface area contributed by atoms with E-state index >= 15 is 0 Å². The molecule has 5 heteroatoms. The normalized spacial score (nSPS) is 34.5. The first kappa shape index (κ1) is 8.61. The maximum absolute atomic E-state index is 9.97. The van der Waals surface area contributed by atoms with Crippen LogP contribution >= 0.6 is 0 Å². The van der Waals surface area contributed by atoms with Gasteiger partial charge < -0.3 is 24.9 Å². The van der Waals surface area contributed by atoms with E-state index < -0.39 is 31.0 Å². The molecule has 1 aliphatic heterocycles.